The molecule has 26 heavy (non-hydrogen) atoms. The van der Waals surface area contributed by atoms with Gasteiger partial charge in [0.15, 0.2) is 0 Å². The highest BCUT2D eigenvalue weighted by Crippen LogP contribution is 2.48. The molecule has 0 unspecified atom stereocenters. The van der Waals surface area contributed by atoms with Crippen molar-refractivity contribution in [2.75, 3.05) is 0 Å². The van der Waals surface area contributed by atoms with Gasteiger partial charge in [0.1, 0.15) is 11.5 Å². The largest absolute Gasteiger partial charge is 0.508 e. The molecule has 5 rings (SSSR count). The minimum absolute atomic E-state index is 0.0751. The van der Waals surface area contributed by atoms with Crippen LogP contribution in [0.4, 0.5) is 0 Å². The number of hydrogen-bond acceptors (Lipinski definition) is 5. The van der Waals surface area contributed by atoms with Gasteiger partial charge in [0.05, 0.1) is 11.8 Å². The lowest BCUT2D eigenvalue weighted by molar-refractivity contribution is -0.0187. The van der Waals surface area contributed by atoms with Gasteiger partial charge < -0.3 is 9.84 Å². The standard InChI is InChI=1S/C20H15ClN2O2S/c21-14-3-6-19-16(9-14)18-10-17(12-1-4-15(24)5-2-12)22-23(18)20(25-19)13-7-8-26-11-13/h1-9,11,18,20,24H,10H2/t18-,20+/m0/s1. The van der Waals surface area contributed by atoms with Crippen LogP contribution in [0.25, 0.3) is 0 Å². The first-order valence-electron chi connectivity index (χ1n) is 8.32. The predicted octanol–water partition coefficient (Wildman–Crippen LogP) is 5.35. The van der Waals surface area contributed by atoms with Crippen LogP contribution in [0.3, 0.4) is 0 Å². The highest BCUT2D eigenvalue weighted by Gasteiger charge is 2.41. The highest BCUT2D eigenvalue weighted by molar-refractivity contribution is 7.07. The van der Waals surface area contributed by atoms with E-state index in [4.69, 9.17) is 21.4 Å². The molecule has 4 nitrogen and oxygen atoms in total. The van der Waals surface area contributed by atoms with Crippen molar-refractivity contribution >= 4 is 28.6 Å². The van der Waals surface area contributed by atoms with E-state index in [0.29, 0.717) is 5.02 Å². The zero-order valence-electron chi connectivity index (χ0n) is 13.7. The molecule has 2 aliphatic rings. The number of hydrogen-bond donors (Lipinski definition) is 1. The summed E-state index contributed by atoms with van der Waals surface area (Å²) in [6, 6.07) is 15.1. The number of nitrogens with zero attached hydrogens (tertiary/aromatic N) is 2. The van der Waals surface area contributed by atoms with Gasteiger partial charge in [-0.3, -0.25) is 0 Å². The van der Waals surface area contributed by atoms with Gasteiger partial charge in [-0.25, -0.2) is 5.01 Å². The van der Waals surface area contributed by atoms with Gasteiger partial charge in [0.25, 0.3) is 0 Å². The summed E-state index contributed by atoms with van der Waals surface area (Å²) in [5.74, 6) is 1.11. The van der Waals surface area contributed by atoms with Crippen LogP contribution in [0, 0.1) is 0 Å². The van der Waals surface area contributed by atoms with Gasteiger partial charge in [0, 0.05) is 22.6 Å². The number of rotatable bonds is 2. The molecule has 130 valence electrons. The fourth-order valence-electron chi connectivity index (χ4n) is 3.52. The smallest absolute Gasteiger partial charge is 0.214 e. The summed E-state index contributed by atoms with van der Waals surface area (Å²) in [5, 5.41) is 21.3. The Morgan fingerprint density at radius 1 is 1.15 bits per heavy atom. The third kappa shape index (κ3) is 2.55. The monoisotopic (exact) mass is 382 g/mol. The number of fused-ring (bicyclic) bond motifs is 3. The van der Waals surface area contributed by atoms with Crippen molar-refractivity contribution in [3.8, 4) is 11.5 Å². The number of thiophene rings is 1. The Balaban J connectivity index is 1.60. The van der Waals surface area contributed by atoms with Crippen molar-refractivity contribution in [3.63, 3.8) is 0 Å². The summed E-state index contributed by atoms with van der Waals surface area (Å²) < 4.78 is 6.28. The number of aromatic hydroxyl groups is 1. The topological polar surface area (TPSA) is 45.1 Å². The van der Waals surface area contributed by atoms with Crippen molar-refractivity contribution in [3.05, 3.63) is 81.0 Å². The predicted molar refractivity (Wildman–Crippen MR) is 103 cm³/mol. The number of phenols is 1. The van der Waals surface area contributed by atoms with E-state index in [2.05, 4.69) is 11.4 Å². The molecule has 0 fully saturated rings. The summed E-state index contributed by atoms with van der Waals surface area (Å²) >= 11 is 7.88. The van der Waals surface area contributed by atoms with Gasteiger partial charge in [0.2, 0.25) is 6.23 Å². The van der Waals surface area contributed by atoms with Crippen LogP contribution in [0.5, 0.6) is 11.5 Å². The molecule has 2 aromatic carbocycles. The summed E-state index contributed by atoms with van der Waals surface area (Å²) in [4.78, 5) is 0. The first-order chi connectivity index (χ1) is 12.7. The second-order valence-corrected chi connectivity index (χ2v) is 7.62. The molecule has 0 aliphatic carbocycles. The SMILES string of the molecule is Oc1ccc(C2=NN3[C@@H](c4ccsc4)Oc4ccc(Cl)cc4[C@@H]3C2)cc1. The van der Waals surface area contributed by atoms with E-state index in [1.807, 2.05) is 40.7 Å². The van der Waals surface area contributed by atoms with Gasteiger partial charge in [-0.05, 0) is 64.9 Å². The average molecular weight is 383 g/mol. The van der Waals surface area contributed by atoms with Gasteiger partial charge >= 0.3 is 0 Å². The third-order valence-corrected chi connectivity index (χ3v) is 5.72. The minimum Gasteiger partial charge on any atom is -0.508 e. The third-order valence-electron chi connectivity index (χ3n) is 4.78. The van der Waals surface area contributed by atoms with E-state index in [1.54, 1.807) is 23.5 Å². The summed E-state index contributed by atoms with van der Waals surface area (Å²) in [5.41, 5.74) is 4.13. The van der Waals surface area contributed by atoms with Crippen LogP contribution in [0.1, 0.15) is 35.4 Å². The molecule has 0 saturated carbocycles. The van der Waals surface area contributed by atoms with Crippen molar-refractivity contribution < 1.29 is 9.84 Å². The fraction of sp³-hybridized carbons (Fsp3) is 0.150. The van der Waals surface area contributed by atoms with E-state index >= 15 is 0 Å². The molecule has 1 N–H and O–H groups in total. The molecule has 3 aromatic rings. The number of hydrazone groups is 1. The molecule has 2 aliphatic heterocycles. The Bertz CT molecular complexity index is 986. The number of halogens is 1. The van der Waals surface area contributed by atoms with E-state index < -0.39 is 0 Å². The molecule has 0 spiro atoms. The van der Waals surface area contributed by atoms with E-state index in [-0.39, 0.29) is 18.0 Å². The minimum atomic E-state index is -0.255. The molecule has 0 amide bonds. The van der Waals surface area contributed by atoms with Crippen LogP contribution in [0.2, 0.25) is 5.02 Å². The molecular weight excluding hydrogens is 368 g/mol. The molecule has 6 heteroatoms. The zero-order chi connectivity index (χ0) is 17.7. The van der Waals surface area contributed by atoms with E-state index in [0.717, 1.165) is 34.6 Å². The van der Waals surface area contributed by atoms with Crippen molar-refractivity contribution in [1.29, 1.82) is 0 Å². The van der Waals surface area contributed by atoms with Crippen LogP contribution >= 0.6 is 22.9 Å². The highest BCUT2D eigenvalue weighted by atomic mass is 35.5. The first kappa shape index (κ1) is 15.7. The van der Waals surface area contributed by atoms with E-state index in [9.17, 15) is 5.11 Å². The Morgan fingerprint density at radius 3 is 2.77 bits per heavy atom. The molecule has 2 atom stereocenters. The summed E-state index contributed by atoms with van der Waals surface area (Å²) in [7, 11) is 0. The molecule has 0 bridgehead atoms. The summed E-state index contributed by atoms with van der Waals surface area (Å²) in [6.07, 6.45) is 0.511. The van der Waals surface area contributed by atoms with Crippen LogP contribution in [-0.2, 0) is 0 Å². The van der Waals surface area contributed by atoms with E-state index in [1.165, 1.54) is 0 Å². The Kier molecular flexibility index (Phi) is 3.65. The lowest BCUT2D eigenvalue weighted by Gasteiger charge is -2.37. The van der Waals surface area contributed by atoms with Crippen molar-refractivity contribution in [1.82, 2.24) is 5.01 Å². The second kappa shape index (κ2) is 6.04. The molecular formula is C20H15ClN2O2S. The molecule has 1 aromatic heterocycles. The Hall–Kier alpha value is -2.50. The zero-order valence-corrected chi connectivity index (χ0v) is 15.2. The molecule has 3 heterocycles. The maximum atomic E-state index is 9.55. The first-order valence-corrected chi connectivity index (χ1v) is 9.64. The fourth-order valence-corrected chi connectivity index (χ4v) is 4.37. The molecule has 0 radical (unpaired) electrons. The van der Waals surface area contributed by atoms with Crippen molar-refractivity contribution in [2.24, 2.45) is 5.10 Å². The number of ether oxygens (including phenoxy) is 1. The average Bonchev–Trinajstić information content (AvgIpc) is 3.32. The van der Waals surface area contributed by atoms with Crippen LogP contribution in [0.15, 0.2) is 64.4 Å². The van der Waals surface area contributed by atoms with Gasteiger partial charge in [-0.15, -0.1) is 0 Å². The maximum Gasteiger partial charge on any atom is 0.214 e. The Morgan fingerprint density at radius 2 is 2.00 bits per heavy atom. The van der Waals surface area contributed by atoms with Gasteiger partial charge in [-0.1, -0.05) is 11.6 Å². The molecule has 0 saturated heterocycles. The lowest BCUT2D eigenvalue weighted by atomic mass is 9.96. The quantitative estimate of drug-likeness (QED) is 0.649. The normalized spacial score (nSPS) is 21.0. The summed E-state index contributed by atoms with van der Waals surface area (Å²) in [6.45, 7) is 0. The maximum absolute atomic E-state index is 9.55. The Labute approximate surface area is 159 Å². The number of benzene rings is 2. The van der Waals surface area contributed by atoms with Crippen LogP contribution < -0.4 is 4.74 Å². The van der Waals surface area contributed by atoms with Crippen LogP contribution in [-0.4, -0.2) is 15.8 Å². The number of phenolic OH excluding ortho intramolecular Hbond substituents is 1. The van der Waals surface area contributed by atoms with Crippen molar-refractivity contribution in [2.45, 2.75) is 18.7 Å². The lowest BCUT2D eigenvalue weighted by Crippen LogP contribution is -2.33. The van der Waals surface area contributed by atoms with Gasteiger partial charge in [-0.2, -0.15) is 16.4 Å². The second-order valence-electron chi connectivity index (χ2n) is 6.40.